The van der Waals surface area contributed by atoms with Crippen molar-refractivity contribution >= 4 is 23.2 Å². The summed E-state index contributed by atoms with van der Waals surface area (Å²) in [4.78, 5) is 28.4. The van der Waals surface area contributed by atoms with Crippen LogP contribution in [0.15, 0.2) is 54.9 Å². The molecule has 8 nitrogen and oxygen atoms in total. The Morgan fingerprint density at radius 1 is 1.03 bits per heavy atom. The highest BCUT2D eigenvalue weighted by Gasteiger charge is 2.17. The molecule has 1 fully saturated rings. The van der Waals surface area contributed by atoms with Gasteiger partial charge in [-0.3, -0.25) is 9.78 Å². The standard InChI is InChI=1S/C26H29N7O/c1-2-8-22-17-23(33-26(29-22)30-24(31-33)20-9-7-14-27-18-20)28-21-12-10-19(11-13-21)25(34)32-15-5-3-4-6-16-32/h7,9-14,17-18,28H,2-6,8,15-16H2,1H3. The third-order valence-electron chi connectivity index (χ3n) is 6.09. The van der Waals surface area contributed by atoms with Crippen molar-refractivity contribution in [2.45, 2.75) is 45.4 Å². The van der Waals surface area contributed by atoms with Gasteiger partial charge in [0.2, 0.25) is 0 Å². The number of anilines is 2. The number of nitrogens with zero attached hydrogens (tertiary/aromatic N) is 6. The molecule has 0 atom stereocenters. The molecule has 1 aliphatic heterocycles. The predicted octanol–water partition coefficient (Wildman–Crippen LogP) is 4.90. The lowest BCUT2D eigenvalue weighted by Crippen LogP contribution is -2.31. The lowest BCUT2D eigenvalue weighted by atomic mass is 10.1. The lowest BCUT2D eigenvalue weighted by Gasteiger charge is -2.20. The van der Waals surface area contributed by atoms with Gasteiger partial charge in [0.05, 0.1) is 0 Å². The van der Waals surface area contributed by atoms with Gasteiger partial charge in [0.1, 0.15) is 5.82 Å². The highest BCUT2D eigenvalue weighted by Crippen LogP contribution is 2.23. The molecule has 0 bridgehead atoms. The van der Waals surface area contributed by atoms with Gasteiger partial charge in [-0.25, -0.2) is 4.98 Å². The van der Waals surface area contributed by atoms with Gasteiger partial charge in [0.15, 0.2) is 5.82 Å². The molecule has 0 unspecified atom stereocenters. The van der Waals surface area contributed by atoms with Crippen LogP contribution in [-0.2, 0) is 6.42 Å². The SMILES string of the molecule is CCCc1cc(Nc2ccc(C(=O)N3CCCCCC3)cc2)n2nc(-c3cccnc3)nc2n1. The van der Waals surface area contributed by atoms with Crippen molar-refractivity contribution in [1.82, 2.24) is 29.5 Å². The van der Waals surface area contributed by atoms with E-state index in [-0.39, 0.29) is 5.91 Å². The van der Waals surface area contributed by atoms with E-state index in [1.54, 1.807) is 16.9 Å². The number of carbonyl (C=O) groups excluding carboxylic acids is 1. The van der Waals surface area contributed by atoms with Gasteiger partial charge in [-0.2, -0.15) is 9.50 Å². The van der Waals surface area contributed by atoms with Crippen molar-refractivity contribution in [3.05, 3.63) is 66.1 Å². The smallest absolute Gasteiger partial charge is 0.254 e. The van der Waals surface area contributed by atoms with Crippen LogP contribution in [-0.4, -0.2) is 48.5 Å². The normalized spacial score (nSPS) is 14.2. The number of rotatable bonds is 6. The van der Waals surface area contributed by atoms with Gasteiger partial charge < -0.3 is 10.2 Å². The van der Waals surface area contributed by atoms with Crippen LogP contribution in [0, 0.1) is 0 Å². The van der Waals surface area contributed by atoms with E-state index in [4.69, 9.17) is 0 Å². The van der Waals surface area contributed by atoms with E-state index < -0.39 is 0 Å². The van der Waals surface area contributed by atoms with Crippen LogP contribution in [0.5, 0.6) is 0 Å². The summed E-state index contributed by atoms with van der Waals surface area (Å²) in [7, 11) is 0. The van der Waals surface area contributed by atoms with Crippen molar-refractivity contribution < 1.29 is 4.79 Å². The molecule has 1 saturated heterocycles. The summed E-state index contributed by atoms with van der Waals surface area (Å²) >= 11 is 0. The van der Waals surface area contributed by atoms with Crippen LogP contribution >= 0.6 is 0 Å². The minimum absolute atomic E-state index is 0.113. The number of likely N-dealkylation sites (tertiary alicyclic amines) is 1. The van der Waals surface area contributed by atoms with E-state index in [0.29, 0.717) is 11.6 Å². The topological polar surface area (TPSA) is 88.3 Å². The molecule has 4 heterocycles. The van der Waals surface area contributed by atoms with Crippen molar-refractivity contribution in [3.63, 3.8) is 0 Å². The Kier molecular flexibility index (Phi) is 6.46. The zero-order valence-corrected chi connectivity index (χ0v) is 19.4. The molecule has 0 saturated carbocycles. The van der Waals surface area contributed by atoms with Gasteiger partial charge in [-0.05, 0) is 55.7 Å². The molecule has 4 aromatic rings. The summed E-state index contributed by atoms with van der Waals surface area (Å²) in [5.41, 5.74) is 3.39. The average Bonchev–Trinajstić information content (AvgIpc) is 3.11. The van der Waals surface area contributed by atoms with E-state index in [2.05, 4.69) is 32.3 Å². The van der Waals surface area contributed by atoms with Gasteiger partial charge >= 0.3 is 0 Å². The van der Waals surface area contributed by atoms with Crippen molar-refractivity contribution in [1.29, 1.82) is 0 Å². The van der Waals surface area contributed by atoms with Crippen LogP contribution in [0.25, 0.3) is 17.2 Å². The van der Waals surface area contributed by atoms with Gasteiger partial charge in [0.25, 0.3) is 11.7 Å². The minimum Gasteiger partial charge on any atom is -0.340 e. The van der Waals surface area contributed by atoms with Crippen LogP contribution in [0.2, 0.25) is 0 Å². The number of aryl methyl sites for hydroxylation is 1. The number of nitrogens with one attached hydrogen (secondary N) is 1. The summed E-state index contributed by atoms with van der Waals surface area (Å²) < 4.78 is 1.72. The molecule has 1 aromatic carbocycles. The van der Waals surface area contributed by atoms with Crippen LogP contribution < -0.4 is 5.32 Å². The van der Waals surface area contributed by atoms with Crippen molar-refractivity contribution in [2.75, 3.05) is 18.4 Å². The molecule has 0 aliphatic carbocycles. The Balaban J connectivity index is 1.42. The van der Waals surface area contributed by atoms with E-state index in [9.17, 15) is 4.79 Å². The number of hydrogen-bond donors (Lipinski definition) is 1. The Morgan fingerprint density at radius 3 is 2.53 bits per heavy atom. The van der Waals surface area contributed by atoms with Gasteiger partial charge in [-0.15, -0.1) is 5.10 Å². The second kappa shape index (κ2) is 9.99. The first-order valence-corrected chi connectivity index (χ1v) is 12.0. The molecule has 0 spiro atoms. The van der Waals surface area contributed by atoms with E-state index in [1.165, 1.54) is 12.8 Å². The number of hydrogen-bond acceptors (Lipinski definition) is 6. The number of aromatic nitrogens is 5. The highest BCUT2D eigenvalue weighted by atomic mass is 16.2. The number of amides is 1. The second-order valence-corrected chi connectivity index (χ2v) is 8.68. The summed E-state index contributed by atoms with van der Waals surface area (Å²) in [6.45, 7) is 3.82. The molecule has 1 amide bonds. The maximum Gasteiger partial charge on any atom is 0.254 e. The number of benzene rings is 1. The molecule has 1 N–H and O–H groups in total. The summed E-state index contributed by atoms with van der Waals surface area (Å²) in [5.74, 6) is 2.01. The van der Waals surface area contributed by atoms with E-state index >= 15 is 0 Å². The minimum atomic E-state index is 0.113. The fourth-order valence-electron chi connectivity index (χ4n) is 4.31. The van der Waals surface area contributed by atoms with Crippen LogP contribution in [0.1, 0.15) is 55.1 Å². The van der Waals surface area contributed by atoms with Crippen molar-refractivity contribution in [3.8, 4) is 11.4 Å². The molecule has 174 valence electrons. The third kappa shape index (κ3) is 4.76. The van der Waals surface area contributed by atoms with E-state index in [0.717, 1.165) is 67.1 Å². The fraction of sp³-hybridized carbons (Fsp3) is 0.346. The zero-order chi connectivity index (χ0) is 23.3. The molecule has 5 rings (SSSR count). The predicted molar refractivity (Wildman–Crippen MR) is 132 cm³/mol. The quantitative estimate of drug-likeness (QED) is 0.445. The molecule has 8 heteroatoms. The first-order valence-electron chi connectivity index (χ1n) is 12.0. The number of fused-ring (bicyclic) bond motifs is 1. The van der Waals surface area contributed by atoms with Crippen molar-refractivity contribution in [2.24, 2.45) is 0 Å². The number of pyridine rings is 1. The average molecular weight is 456 g/mol. The number of carbonyl (C=O) groups is 1. The van der Waals surface area contributed by atoms with Gasteiger partial charge in [-0.1, -0.05) is 26.2 Å². The largest absolute Gasteiger partial charge is 0.340 e. The molecular weight excluding hydrogens is 426 g/mol. The maximum absolute atomic E-state index is 12.9. The second-order valence-electron chi connectivity index (χ2n) is 8.68. The summed E-state index contributed by atoms with van der Waals surface area (Å²) in [6.07, 6.45) is 9.89. The maximum atomic E-state index is 12.9. The third-order valence-corrected chi connectivity index (χ3v) is 6.09. The Hall–Kier alpha value is -3.81. The first-order chi connectivity index (χ1) is 16.7. The molecule has 3 aromatic heterocycles. The molecule has 0 radical (unpaired) electrons. The lowest BCUT2D eigenvalue weighted by molar-refractivity contribution is 0.0761. The zero-order valence-electron chi connectivity index (χ0n) is 19.4. The first kappa shape index (κ1) is 22.0. The molecule has 1 aliphatic rings. The van der Waals surface area contributed by atoms with E-state index in [1.807, 2.05) is 47.4 Å². The summed E-state index contributed by atoms with van der Waals surface area (Å²) in [5, 5.41) is 8.12. The fourth-order valence-corrected chi connectivity index (χ4v) is 4.31. The summed E-state index contributed by atoms with van der Waals surface area (Å²) in [6, 6.07) is 13.5. The monoisotopic (exact) mass is 455 g/mol. The van der Waals surface area contributed by atoms with Gasteiger partial charge in [0, 0.05) is 54.1 Å². The molecule has 34 heavy (non-hydrogen) atoms. The highest BCUT2D eigenvalue weighted by molar-refractivity contribution is 5.94. The molecular formula is C26H29N7O. The van der Waals surface area contributed by atoms with Crippen LogP contribution in [0.4, 0.5) is 11.5 Å². The Bertz CT molecular complexity index is 1260. The Morgan fingerprint density at radius 2 is 1.82 bits per heavy atom. The Labute approximate surface area is 199 Å². The van der Waals surface area contributed by atoms with Crippen LogP contribution in [0.3, 0.4) is 0 Å².